The Morgan fingerprint density at radius 1 is 1.48 bits per heavy atom. The van der Waals surface area contributed by atoms with Gasteiger partial charge in [-0.2, -0.15) is 0 Å². The van der Waals surface area contributed by atoms with Gasteiger partial charge in [0.1, 0.15) is 11.9 Å². The van der Waals surface area contributed by atoms with Gasteiger partial charge in [0.25, 0.3) is 5.91 Å². The normalized spacial score (nSPS) is 18.4. The summed E-state index contributed by atoms with van der Waals surface area (Å²) < 4.78 is 18.6. The predicted molar refractivity (Wildman–Crippen MR) is 75.5 cm³/mol. The maximum Gasteiger partial charge on any atom is 0.254 e. The molecule has 0 aromatic heterocycles. The van der Waals surface area contributed by atoms with Crippen molar-refractivity contribution in [1.82, 2.24) is 10.2 Å². The predicted octanol–water partition coefficient (Wildman–Crippen LogP) is 1.11. The molecule has 2 rings (SSSR count). The Bertz CT molecular complexity index is 548. The second kappa shape index (κ2) is 6.67. The zero-order valence-corrected chi connectivity index (χ0v) is 12.2. The quantitative estimate of drug-likeness (QED) is 0.908. The van der Waals surface area contributed by atoms with Crippen LogP contribution in [0.3, 0.4) is 0 Å². The zero-order valence-electron chi connectivity index (χ0n) is 12.2. The number of ether oxygens (including phenoxy) is 1. The SMILES string of the molecule is CCNC(=O)C1COCCN1C(=O)c1ccc(F)c(C)c1. The molecule has 0 spiro atoms. The van der Waals surface area contributed by atoms with Gasteiger partial charge in [0, 0.05) is 18.7 Å². The maximum atomic E-state index is 13.3. The molecule has 0 bridgehead atoms. The number of amides is 2. The molecule has 1 saturated heterocycles. The summed E-state index contributed by atoms with van der Waals surface area (Å²) in [5.74, 6) is -0.865. The summed E-state index contributed by atoms with van der Waals surface area (Å²) in [5.41, 5.74) is 0.786. The molecule has 0 radical (unpaired) electrons. The van der Waals surface area contributed by atoms with Crippen molar-refractivity contribution < 1.29 is 18.7 Å². The highest BCUT2D eigenvalue weighted by molar-refractivity contribution is 5.97. The lowest BCUT2D eigenvalue weighted by Gasteiger charge is -2.34. The van der Waals surface area contributed by atoms with Crippen LogP contribution in [0.4, 0.5) is 4.39 Å². The average molecular weight is 294 g/mol. The molecule has 1 aliphatic rings. The average Bonchev–Trinajstić information content (AvgIpc) is 2.49. The number of nitrogens with zero attached hydrogens (tertiary/aromatic N) is 1. The van der Waals surface area contributed by atoms with E-state index in [1.54, 1.807) is 6.92 Å². The van der Waals surface area contributed by atoms with E-state index < -0.39 is 6.04 Å². The van der Waals surface area contributed by atoms with E-state index in [-0.39, 0.29) is 24.2 Å². The number of rotatable bonds is 3. The Balaban J connectivity index is 2.21. The van der Waals surface area contributed by atoms with Gasteiger partial charge in [0.15, 0.2) is 0 Å². The summed E-state index contributed by atoms with van der Waals surface area (Å²) in [6.07, 6.45) is 0. The van der Waals surface area contributed by atoms with E-state index in [1.165, 1.54) is 23.1 Å². The molecule has 2 amide bonds. The summed E-state index contributed by atoms with van der Waals surface area (Å²) in [4.78, 5) is 26.1. The first-order valence-electron chi connectivity index (χ1n) is 6.97. The zero-order chi connectivity index (χ0) is 15.4. The number of benzene rings is 1. The van der Waals surface area contributed by atoms with Gasteiger partial charge in [-0.25, -0.2) is 4.39 Å². The largest absolute Gasteiger partial charge is 0.377 e. The van der Waals surface area contributed by atoms with E-state index in [4.69, 9.17) is 4.74 Å². The van der Waals surface area contributed by atoms with E-state index in [0.717, 1.165) is 0 Å². The molecule has 1 heterocycles. The molecule has 0 saturated carbocycles. The fourth-order valence-electron chi connectivity index (χ4n) is 2.30. The first-order chi connectivity index (χ1) is 10.0. The topological polar surface area (TPSA) is 58.6 Å². The second-order valence-electron chi connectivity index (χ2n) is 4.95. The van der Waals surface area contributed by atoms with E-state index in [9.17, 15) is 14.0 Å². The van der Waals surface area contributed by atoms with Crippen molar-refractivity contribution in [3.8, 4) is 0 Å². The minimum absolute atomic E-state index is 0.178. The van der Waals surface area contributed by atoms with E-state index in [0.29, 0.717) is 30.8 Å². The Labute approximate surface area is 123 Å². The number of morpholine rings is 1. The van der Waals surface area contributed by atoms with Gasteiger partial charge in [0.2, 0.25) is 5.91 Å². The Morgan fingerprint density at radius 2 is 2.24 bits per heavy atom. The van der Waals surface area contributed by atoms with Crippen molar-refractivity contribution in [1.29, 1.82) is 0 Å². The van der Waals surface area contributed by atoms with Crippen LogP contribution in [0.25, 0.3) is 0 Å². The number of halogens is 1. The van der Waals surface area contributed by atoms with Crippen molar-refractivity contribution in [2.75, 3.05) is 26.3 Å². The van der Waals surface area contributed by atoms with Gasteiger partial charge >= 0.3 is 0 Å². The Morgan fingerprint density at radius 3 is 2.90 bits per heavy atom. The molecule has 1 aromatic carbocycles. The van der Waals surface area contributed by atoms with Gasteiger partial charge in [-0.15, -0.1) is 0 Å². The lowest BCUT2D eigenvalue weighted by atomic mass is 10.1. The summed E-state index contributed by atoms with van der Waals surface area (Å²) in [6, 6.07) is 3.57. The molecule has 1 atom stereocenters. The molecule has 5 nitrogen and oxygen atoms in total. The first-order valence-corrected chi connectivity index (χ1v) is 6.97. The standard InChI is InChI=1S/C15H19FN2O3/c1-3-17-14(19)13-9-21-7-6-18(13)15(20)11-4-5-12(16)10(2)8-11/h4-5,8,13H,3,6-7,9H2,1-2H3,(H,17,19). The van der Waals surface area contributed by atoms with Crippen LogP contribution >= 0.6 is 0 Å². The molecule has 6 heteroatoms. The number of likely N-dealkylation sites (N-methyl/N-ethyl adjacent to an activating group) is 1. The molecular formula is C15H19FN2O3. The molecule has 0 aliphatic carbocycles. The third-order valence-corrected chi connectivity index (χ3v) is 3.45. The summed E-state index contributed by atoms with van der Waals surface area (Å²) in [5, 5.41) is 2.70. The fraction of sp³-hybridized carbons (Fsp3) is 0.467. The highest BCUT2D eigenvalue weighted by Gasteiger charge is 2.33. The van der Waals surface area contributed by atoms with Gasteiger partial charge in [-0.1, -0.05) is 0 Å². The van der Waals surface area contributed by atoms with E-state index in [2.05, 4.69) is 5.32 Å². The monoisotopic (exact) mass is 294 g/mol. The van der Waals surface area contributed by atoms with Crippen molar-refractivity contribution in [3.05, 3.63) is 35.1 Å². The highest BCUT2D eigenvalue weighted by atomic mass is 19.1. The molecule has 1 aliphatic heterocycles. The number of hydrogen-bond donors (Lipinski definition) is 1. The van der Waals surface area contributed by atoms with Crippen LogP contribution < -0.4 is 5.32 Å². The number of aryl methyl sites for hydroxylation is 1. The highest BCUT2D eigenvalue weighted by Crippen LogP contribution is 2.15. The fourth-order valence-corrected chi connectivity index (χ4v) is 2.30. The van der Waals surface area contributed by atoms with Crippen LogP contribution in [0.15, 0.2) is 18.2 Å². The summed E-state index contributed by atoms with van der Waals surface area (Å²) >= 11 is 0. The number of nitrogens with one attached hydrogen (secondary N) is 1. The van der Waals surface area contributed by atoms with Crippen molar-refractivity contribution in [2.24, 2.45) is 0 Å². The van der Waals surface area contributed by atoms with Crippen molar-refractivity contribution >= 4 is 11.8 Å². The van der Waals surface area contributed by atoms with Crippen molar-refractivity contribution in [2.45, 2.75) is 19.9 Å². The second-order valence-corrected chi connectivity index (χ2v) is 4.95. The molecule has 1 fully saturated rings. The van der Waals surface area contributed by atoms with Crippen LogP contribution in [-0.4, -0.2) is 49.1 Å². The van der Waals surface area contributed by atoms with Crippen LogP contribution in [0.1, 0.15) is 22.8 Å². The summed E-state index contributed by atoms with van der Waals surface area (Å²) in [6.45, 7) is 4.83. The molecule has 1 aromatic rings. The molecular weight excluding hydrogens is 275 g/mol. The maximum absolute atomic E-state index is 13.3. The molecule has 1 unspecified atom stereocenters. The Kier molecular flexibility index (Phi) is 4.90. The van der Waals surface area contributed by atoms with Gasteiger partial charge in [-0.3, -0.25) is 9.59 Å². The summed E-state index contributed by atoms with van der Waals surface area (Å²) in [7, 11) is 0. The third-order valence-electron chi connectivity index (χ3n) is 3.45. The minimum Gasteiger partial charge on any atom is -0.377 e. The van der Waals surface area contributed by atoms with Crippen LogP contribution in [-0.2, 0) is 9.53 Å². The molecule has 114 valence electrons. The number of carbonyl (C=O) groups is 2. The molecule has 1 N–H and O–H groups in total. The van der Waals surface area contributed by atoms with Gasteiger partial charge < -0.3 is 15.0 Å². The smallest absolute Gasteiger partial charge is 0.254 e. The lowest BCUT2D eigenvalue weighted by molar-refractivity contribution is -0.130. The van der Waals surface area contributed by atoms with E-state index in [1.807, 2.05) is 6.92 Å². The van der Waals surface area contributed by atoms with Crippen LogP contribution in [0.5, 0.6) is 0 Å². The van der Waals surface area contributed by atoms with Gasteiger partial charge in [-0.05, 0) is 37.6 Å². The first kappa shape index (κ1) is 15.4. The third kappa shape index (κ3) is 3.39. The Hall–Kier alpha value is -1.95. The van der Waals surface area contributed by atoms with Crippen LogP contribution in [0.2, 0.25) is 0 Å². The van der Waals surface area contributed by atoms with Gasteiger partial charge in [0.05, 0.1) is 13.2 Å². The van der Waals surface area contributed by atoms with Crippen LogP contribution in [0, 0.1) is 12.7 Å². The molecule has 21 heavy (non-hydrogen) atoms. The number of carbonyl (C=O) groups excluding carboxylic acids is 2. The number of hydrogen-bond acceptors (Lipinski definition) is 3. The van der Waals surface area contributed by atoms with E-state index >= 15 is 0 Å². The lowest BCUT2D eigenvalue weighted by Crippen LogP contribution is -2.55. The minimum atomic E-state index is -0.642. The van der Waals surface area contributed by atoms with Crippen molar-refractivity contribution in [3.63, 3.8) is 0 Å².